The van der Waals surface area contributed by atoms with Crippen LogP contribution in [0.25, 0.3) is 0 Å². The third-order valence-electron chi connectivity index (χ3n) is 2.18. The van der Waals surface area contributed by atoms with Gasteiger partial charge in [-0.1, -0.05) is 6.07 Å². The Labute approximate surface area is 91.5 Å². The minimum Gasteiger partial charge on any atom is -0.307 e. The Bertz CT molecular complexity index is 508. The summed E-state index contributed by atoms with van der Waals surface area (Å²) < 4.78 is 13.2. The molecule has 4 nitrogen and oxygen atoms in total. The third-order valence-corrected chi connectivity index (χ3v) is 2.18. The molecule has 0 fully saturated rings. The number of anilines is 1. The number of rotatable bonds is 2. The van der Waals surface area contributed by atoms with Gasteiger partial charge >= 0.3 is 0 Å². The third kappa shape index (κ3) is 2.08. The maximum Gasteiger partial charge on any atom is 0.256 e. The van der Waals surface area contributed by atoms with Gasteiger partial charge in [-0.2, -0.15) is 5.10 Å². The van der Waals surface area contributed by atoms with Gasteiger partial charge in [0, 0.05) is 11.6 Å². The molecule has 16 heavy (non-hydrogen) atoms. The van der Waals surface area contributed by atoms with E-state index in [4.69, 9.17) is 0 Å². The van der Waals surface area contributed by atoms with Gasteiger partial charge in [-0.05, 0) is 24.6 Å². The van der Waals surface area contributed by atoms with Gasteiger partial charge in [0.15, 0.2) is 0 Å². The molecule has 2 rings (SSSR count). The lowest BCUT2D eigenvalue weighted by molar-refractivity contribution is 0.102. The van der Waals surface area contributed by atoms with Gasteiger partial charge in [-0.15, -0.1) is 0 Å². The first-order chi connectivity index (χ1) is 7.66. The molecule has 0 saturated heterocycles. The van der Waals surface area contributed by atoms with E-state index < -0.39 is 5.82 Å². The SMILES string of the molecule is Cc1ccc(C(=O)Nc2ccn[nH]2)cc1F. The first-order valence-electron chi connectivity index (χ1n) is 4.73. The number of aromatic nitrogens is 2. The molecule has 82 valence electrons. The molecule has 0 unspecified atom stereocenters. The summed E-state index contributed by atoms with van der Waals surface area (Å²) in [5, 5.41) is 8.84. The summed E-state index contributed by atoms with van der Waals surface area (Å²) >= 11 is 0. The van der Waals surface area contributed by atoms with Crippen molar-refractivity contribution in [3.8, 4) is 0 Å². The van der Waals surface area contributed by atoms with Crippen LogP contribution in [0, 0.1) is 12.7 Å². The average Bonchev–Trinajstić information content (AvgIpc) is 2.74. The summed E-state index contributed by atoms with van der Waals surface area (Å²) in [5.41, 5.74) is 0.788. The number of nitrogens with zero attached hydrogens (tertiary/aromatic N) is 1. The number of aryl methyl sites for hydroxylation is 1. The molecule has 1 aromatic heterocycles. The normalized spacial score (nSPS) is 10.1. The van der Waals surface area contributed by atoms with Crippen LogP contribution in [0.5, 0.6) is 0 Å². The van der Waals surface area contributed by atoms with Gasteiger partial charge in [0.1, 0.15) is 11.6 Å². The highest BCUT2D eigenvalue weighted by Gasteiger charge is 2.08. The Morgan fingerprint density at radius 1 is 1.44 bits per heavy atom. The molecule has 0 aliphatic carbocycles. The lowest BCUT2D eigenvalue weighted by Crippen LogP contribution is -2.12. The average molecular weight is 219 g/mol. The summed E-state index contributed by atoms with van der Waals surface area (Å²) in [6.45, 7) is 1.64. The van der Waals surface area contributed by atoms with E-state index in [1.54, 1.807) is 25.1 Å². The fraction of sp³-hybridized carbons (Fsp3) is 0.0909. The number of halogens is 1. The van der Waals surface area contributed by atoms with Crippen LogP contribution in [0.2, 0.25) is 0 Å². The van der Waals surface area contributed by atoms with Gasteiger partial charge in [0.05, 0.1) is 6.20 Å². The second kappa shape index (κ2) is 4.14. The Kier molecular flexibility index (Phi) is 2.68. The van der Waals surface area contributed by atoms with E-state index in [-0.39, 0.29) is 11.5 Å². The zero-order valence-electron chi connectivity index (χ0n) is 8.62. The van der Waals surface area contributed by atoms with E-state index >= 15 is 0 Å². The Hall–Kier alpha value is -2.17. The predicted octanol–water partition coefficient (Wildman–Crippen LogP) is 2.11. The molecule has 1 amide bonds. The van der Waals surface area contributed by atoms with Crippen molar-refractivity contribution < 1.29 is 9.18 Å². The molecule has 2 N–H and O–H groups in total. The highest BCUT2D eigenvalue weighted by Crippen LogP contribution is 2.10. The molecule has 0 radical (unpaired) electrons. The van der Waals surface area contributed by atoms with Gasteiger partial charge in [-0.3, -0.25) is 9.89 Å². The number of aromatic amines is 1. The fourth-order valence-corrected chi connectivity index (χ4v) is 1.25. The molecule has 1 aromatic carbocycles. The zero-order chi connectivity index (χ0) is 11.5. The van der Waals surface area contributed by atoms with Crippen molar-refractivity contribution in [3.63, 3.8) is 0 Å². The second-order valence-electron chi connectivity index (χ2n) is 3.39. The van der Waals surface area contributed by atoms with Crippen LogP contribution in [-0.4, -0.2) is 16.1 Å². The maximum absolute atomic E-state index is 13.2. The first-order valence-corrected chi connectivity index (χ1v) is 4.73. The molecule has 2 aromatic rings. The van der Waals surface area contributed by atoms with Crippen LogP contribution in [0.15, 0.2) is 30.5 Å². The van der Waals surface area contributed by atoms with Gasteiger partial charge in [-0.25, -0.2) is 4.39 Å². The van der Waals surface area contributed by atoms with Crippen molar-refractivity contribution in [1.29, 1.82) is 0 Å². The van der Waals surface area contributed by atoms with E-state index in [1.807, 2.05) is 0 Å². The molecule has 0 spiro atoms. The standard InChI is InChI=1S/C11H10FN3O/c1-7-2-3-8(6-9(7)12)11(16)14-10-4-5-13-15-10/h2-6H,1H3,(H2,13,14,15,16). The van der Waals surface area contributed by atoms with Crippen LogP contribution in [-0.2, 0) is 0 Å². The smallest absolute Gasteiger partial charge is 0.256 e. The number of nitrogens with one attached hydrogen (secondary N) is 2. The lowest BCUT2D eigenvalue weighted by atomic mass is 10.1. The molecular weight excluding hydrogens is 209 g/mol. The quantitative estimate of drug-likeness (QED) is 0.812. The van der Waals surface area contributed by atoms with Crippen LogP contribution < -0.4 is 5.32 Å². The number of benzene rings is 1. The molecule has 0 atom stereocenters. The molecule has 5 heteroatoms. The number of carbonyl (C=O) groups is 1. The highest BCUT2D eigenvalue weighted by atomic mass is 19.1. The largest absolute Gasteiger partial charge is 0.307 e. The maximum atomic E-state index is 13.2. The number of amides is 1. The summed E-state index contributed by atoms with van der Waals surface area (Å²) in [6.07, 6.45) is 1.52. The molecule has 0 bridgehead atoms. The minimum absolute atomic E-state index is 0.276. The van der Waals surface area contributed by atoms with Crippen molar-refractivity contribution in [3.05, 3.63) is 47.4 Å². The summed E-state index contributed by atoms with van der Waals surface area (Å²) in [7, 11) is 0. The molecule has 0 saturated carbocycles. The zero-order valence-corrected chi connectivity index (χ0v) is 8.62. The molecular formula is C11H10FN3O. The van der Waals surface area contributed by atoms with E-state index in [0.29, 0.717) is 11.4 Å². The molecule has 0 aliphatic heterocycles. The summed E-state index contributed by atoms with van der Waals surface area (Å²) in [4.78, 5) is 11.7. The fourth-order valence-electron chi connectivity index (χ4n) is 1.25. The van der Waals surface area contributed by atoms with Crippen molar-refractivity contribution >= 4 is 11.7 Å². The predicted molar refractivity (Wildman–Crippen MR) is 57.7 cm³/mol. The second-order valence-corrected chi connectivity index (χ2v) is 3.39. The van der Waals surface area contributed by atoms with Crippen molar-refractivity contribution in [2.75, 3.05) is 5.32 Å². The highest BCUT2D eigenvalue weighted by molar-refractivity contribution is 6.03. The number of H-pyrrole nitrogens is 1. The van der Waals surface area contributed by atoms with E-state index in [1.165, 1.54) is 12.3 Å². The van der Waals surface area contributed by atoms with Crippen molar-refractivity contribution in [2.24, 2.45) is 0 Å². The van der Waals surface area contributed by atoms with Crippen LogP contribution in [0.4, 0.5) is 10.2 Å². The van der Waals surface area contributed by atoms with Crippen LogP contribution >= 0.6 is 0 Å². The Balaban J connectivity index is 2.18. The summed E-state index contributed by atoms with van der Waals surface area (Å²) in [6, 6.07) is 5.96. The molecule has 1 heterocycles. The first kappa shape index (κ1) is 10.4. The lowest BCUT2D eigenvalue weighted by Gasteiger charge is -2.03. The van der Waals surface area contributed by atoms with Crippen molar-refractivity contribution in [1.82, 2.24) is 10.2 Å². The van der Waals surface area contributed by atoms with Crippen LogP contribution in [0.3, 0.4) is 0 Å². The number of carbonyl (C=O) groups excluding carboxylic acids is 1. The Morgan fingerprint density at radius 2 is 2.25 bits per heavy atom. The minimum atomic E-state index is -0.391. The van der Waals surface area contributed by atoms with Gasteiger partial charge in [0.2, 0.25) is 0 Å². The van der Waals surface area contributed by atoms with Gasteiger partial charge < -0.3 is 5.32 Å². The topological polar surface area (TPSA) is 57.8 Å². The number of hydrogen-bond donors (Lipinski definition) is 2. The monoisotopic (exact) mass is 219 g/mol. The number of hydrogen-bond acceptors (Lipinski definition) is 2. The van der Waals surface area contributed by atoms with E-state index in [0.717, 1.165) is 0 Å². The van der Waals surface area contributed by atoms with E-state index in [2.05, 4.69) is 15.5 Å². The molecule has 0 aliphatic rings. The van der Waals surface area contributed by atoms with E-state index in [9.17, 15) is 9.18 Å². The summed E-state index contributed by atoms with van der Waals surface area (Å²) in [5.74, 6) is -0.286. The van der Waals surface area contributed by atoms with Gasteiger partial charge in [0.25, 0.3) is 5.91 Å². The Morgan fingerprint density at radius 3 is 2.88 bits per heavy atom. The van der Waals surface area contributed by atoms with Crippen molar-refractivity contribution in [2.45, 2.75) is 6.92 Å². The van der Waals surface area contributed by atoms with Crippen LogP contribution in [0.1, 0.15) is 15.9 Å².